The van der Waals surface area contributed by atoms with Gasteiger partial charge in [0, 0.05) is 24.9 Å². The molecule has 0 unspecified atom stereocenters. The van der Waals surface area contributed by atoms with Gasteiger partial charge in [-0.15, -0.1) is 0 Å². The van der Waals surface area contributed by atoms with E-state index in [1.165, 1.54) is 35.8 Å². The van der Waals surface area contributed by atoms with Crippen molar-refractivity contribution in [2.45, 2.75) is 11.8 Å². The van der Waals surface area contributed by atoms with Crippen molar-refractivity contribution in [2.24, 2.45) is 4.99 Å². The average molecular weight is 420 g/mol. The molecule has 0 atom stereocenters. The fourth-order valence-electron chi connectivity index (χ4n) is 2.87. The highest BCUT2D eigenvalue weighted by molar-refractivity contribution is 7.89. The van der Waals surface area contributed by atoms with E-state index >= 15 is 0 Å². The second-order valence-corrected chi connectivity index (χ2v) is 8.20. The highest BCUT2D eigenvalue weighted by atomic mass is 32.2. The monoisotopic (exact) mass is 420 g/mol. The maximum Gasteiger partial charge on any atom is 0.243 e. The minimum atomic E-state index is -3.66. The van der Waals surface area contributed by atoms with Gasteiger partial charge in [-0.3, -0.25) is 4.99 Å². The average Bonchev–Trinajstić information content (AvgIpc) is 2.74. The SMILES string of the molecule is CCOc1ccc(S(=O)(=O)N2CCOCC2)cc1N=Cc1cc(OC)ccc1O. The van der Waals surface area contributed by atoms with Crippen LogP contribution in [0.15, 0.2) is 46.3 Å². The first-order valence-corrected chi connectivity index (χ1v) is 10.7. The maximum absolute atomic E-state index is 12.9. The summed E-state index contributed by atoms with van der Waals surface area (Å²) < 4.78 is 43.3. The highest BCUT2D eigenvalue weighted by Gasteiger charge is 2.27. The number of hydrogen-bond acceptors (Lipinski definition) is 7. The van der Waals surface area contributed by atoms with Gasteiger partial charge in [0.2, 0.25) is 10.0 Å². The van der Waals surface area contributed by atoms with E-state index in [0.29, 0.717) is 55.7 Å². The Kier molecular flexibility index (Phi) is 6.73. The van der Waals surface area contributed by atoms with E-state index in [-0.39, 0.29) is 10.6 Å². The van der Waals surface area contributed by atoms with Crippen LogP contribution in [-0.2, 0) is 14.8 Å². The molecule has 1 aliphatic heterocycles. The van der Waals surface area contributed by atoms with E-state index in [1.54, 1.807) is 18.2 Å². The molecule has 156 valence electrons. The van der Waals surface area contributed by atoms with E-state index in [0.717, 1.165) is 0 Å². The van der Waals surface area contributed by atoms with E-state index < -0.39 is 10.0 Å². The van der Waals surface area contributed by atoms with Crippen molar-refractivity contribution in [3.8, 4) is 17.2 Å². The summed E-state index contributed by atoms with van der Waals surface area (Å²) in [5.74, 6) is 1.05. The first kappa shape index (κ1) is 21.1. The van der Waals surface area contributed by atoms with Gasteiger partial charge < -0.3 is 19.3 Å². The molecule has 0 aromatic heterocycles. The summed E-state index contributed by atoms with van der Waals surface area (Å²) in [7, 11) is -2.14. The van der Waals surface area contributed by atoms with E-state index in [9.17, 15) is 13.5 Å². The number of methoxy groups -OCH3 is 1. The molecule has 0 saturated carbocycles. The quantitative estimate of drug-likeness (QED) is 0.692. The Morgan fingerprint density at radius 3 is 2.66 bits per heavy atom. The van der Waals surface area contributed by atoms with Gasteiger partial charge in [-0.2, -0.15) is 4.31 Å². The molecule has 2 aromatic rings. The van der Waals surface area contributed by atoms with Crippen molar-refractivity contribution in [1.29, 1.82) is 0 Å². The van der Waals surface area contributed by atoms with Crippen LogP contribution in [0, 0.1) is 0 Å². The molecular weight excluding hydrogens is 396 g/mol. The highest BCUT2D eigenvalue weighted by Crippen LogP contribution is 2.32. The third-order valence-corrected chi connectivity index (χ3v) is 6.31. The third kappa shape index (κ3) is 4.87. The van der Waals surface area contributed by atoms with Crippen LogP contribution < -0.4 is 9.47 Å². The molecule has 9 heteroatoms. The first-order valence-electron chi connectivity index (χ1n) is 9.21. The van der Waals surface area contributed by atoms with Crippen LogP contribution >= 0.6 is 0 Å². The standard InChI is InChI=1S/C20H24N2O6S/c1-3-28-20-7-5-17(29(24,25)22-8-10-27-11-9-22)13-18(20)21-14-15-12-16(26-2)4-6-19(15)23/h4-7,12-14,23H,3,8-11H2,1-2H3. The molecule has 1 N–H and O–H groups in total. The van der Waals surface area contributed by atoms with Gasteiger partial charge in [0.05, 0.1) is 31.8 Å². The summed E-state index contributed by atoms with van der Waals surface area (Å²) in [6.45, 7) is 3.60. The molecule has 0 aliphatic carbocycles. The topological polar surface area (TPSA) is 97.7 Å². The van der Waals surface area contributed by atoms with E-state index in [2.05, 4.69) is 4.99 Å². The van der Waals surface area contributed by atoms with Crippen molar-refractivity contribution in [2.75, 3.05) is 40.0 Å². The minimum absolute atomic E-state index is 0.0320. The Morgan fingerprint density at radius 1 is 1.21 bits per heavy atom. The number of phenolic OH excluding ortho intramolecular Hbond substituents is 1. The fourth-order valence-corrected chi connectivity index (χ4v) is 4.30. The normalized spacial score (nSPS) is 15.5. The van der Waals surface area contributed by atoms with Crippen LogP contribution in [0.4, 0.5) is 5.69 Å². The lowest BCUT2D eigenvalue weighted by molar-refractivity contribution is 0.0730. The summed E-state index contributed by atoms with van der Waals surface area (Å²) in [6.07, 6.45) is 1.45. The van der Waals surface area contributed by atoms with E-state index in [4.69, 9.17) is 14.2 Å². The third-order valence-electron chi connectivity index (χ3n) is 4.42. The lowest BCUT2D eigenvalue weighted by Gasteiger charge is -2.26. The van der Waals surface area contributed by atoms with Crippen molar-refractivity contribution in [3.63, 3.8) is 0 Å². The molecule has 3 rings (SSSR count). The Hall–Kier alpha value is -2.62. The maximum atomic E-state index is 12.9. The van der Waals surface area contributed by atoms with Gasteiger partial charge in [0.25, 0.3) is 0 Å². The molecule has 2 aromatic carbocycles. The van der Waals surface area contributed by atoms with Gasteiger partial charge in [0.15, 0.2) is 0 Å². The molecule has 8 nitrogen and oxygen atoms in total. The lowest BCUT2D eigenvalue weighted by atomic mass is 10.2. The Labute approximate surface area is 170 Å². The first-order chi connectivity index (χ1) is 14.0. The zero-order chi connectivity index (χ0) is 20.9. The van der Waals surface area contributed by atoms with Gasteiger partial charge in [0.1, 0.15) is 22.9 Å². The van der Waals surface area contributed by atoms with Crippen molar-refractivity contribution in [1.82, 2.24) is 4.31 Å². The summed E-state index contributed by atoms with van der Waals surface area (Å²) in [5, 5.41) is 10.0. The van der Waals surface area contributed by atoms with Crippen LogP contribution in [0.1, 0.15) is 12.5 Å². The summed E-state index contributed by atoms with van der Waals surface area (Å²) in [6, 6.07) is 9.35. The minimum Gasteiger partial charge on any atom is -0.507 e. The number of ether oxygens (including phenoxy) is 3. The molecule has 0 spiro atoms. The number of hydrogen-bond donors (Lipinski definition) is 1. The molecule has 1 fully saturated rings. The fraction of sp³-hybridized carbons (Fsp3) is 0.350. The predicted octanol–water partition coefficient (Wildman–Crippen LogP) is 2.57. The second kappa shape index (κ2) is 9.25. The zero-order valence-corrected chi connectivity index (χ0v) is 17.2. The van der Waals surface area contributed by atoms with Crippen molar-refractivity contribution >= 4 is 21.9 Å². The predicted molar refractivity (Wildman–Crippen MR) is 109 cm³/mol. The summed E-state index contributed by atoms with van der Waals surface area (Å²) in [5.41, 5.74) is 0.789. The van der Waals surface area contributed by atoms with Crippen LogP contribution in [0.25, 0.3) is 0 Å². The van der Waals surface area contributed by atoms with E-state index in [1.807, 2.05) is 6.92 Å². The smallest absolute Gasteiger partial charge is 0.243 e. The number of nitrogens with zero attached hydrogens (tertiary/aromatic N) is 2. The number of phenols is 1. The number of sulfonamides is 1. The largest absolute Gasteiger partial charge is 0.507 e. The van der Waals surface area contributed by atoms with Crippen LogP contribution in [0.3, 0.4) is 0 Å². The molecule has 1 aliphatic rings. The molecule has 0 bridgehead atoms. The van der Waals surface area contributed by atoms with Gasteiger partial charge in [-0.1, -0.05) is 0 Å². The van der Waals surface area contributed by atoms with Gasteiger partial charge in [-0.25, -0.2) is 8.42 Å². The number of aliphatic imine (C=N–C) groups is 1. The van der Waals surface area contributed by atoms with Crippen LogP contribution in [-0.4, -0.2) is 64.1 Å². The Balaban J connectivity index is 1.97. The summed E-state index contributed by atoms with van der Waals surface area (Å²) >= 11 is 0. The molecule has 0 radical (unpaired) electrons. The molecule has 1 heterocycles. The van der Waals surface area contributed by atoms with Crippen molar-refractivity contribution < 1.29 is 27.7 Å². The second-order valence-electron chi connectivity index (χ2n) is 6.26. The summed E-state index contributed by atoms with van der Waals surface area (Å²) in [4.78, 5) is 4.51. The van der Waals surface area contributed by atoms with Crippen LogP contribution in [0.5, 0.6) is 17.2 Å². The molecule has 29 heavy (non-hydrogen) atoms. The van der Waals surface area contributed by atoms with Gasteiger partial charge >= 0.3 is 0 Å². The zero-order valence-electron chi connectivity index (χ0n) is 16.4. The van der Waals surface area contributed by atoms with Crippen LogP contribution in [0.2, 0.25) is 0 Å². The number of benzene rings is 2. The lowest BCUT2D eigenvalue weighted by Crippen LogP contribution is -2.40. The number of morpholine rings is 1. The Morgan fingerprint density at radius 2 is 1.97 bits per heavy atom. The molecule has 0 amide bonds. The number of aromatic hydroxyl groups is 1. The molecular formula is C20H24N2O6S. The molecule has 1 saturated heterocycles. The van der Waals surface area contributed by atoms with Gasteiger partial charge in [-0.05, 0) is 43.3 Å². The Bertz CT molecular complexity index is 984. The number of rotatable bonds is 7. The van der Waals surface area contributed by atoms with Crippen molar-refractivity contribution in [3.05, 3.63) is 42.0 Å².